The van der Waals surface area contributed by atoms with Crippen molar-refractivity contribution in [2.75, 3.05) is 7.11 Å². The molecule has 0 bridgehead atoms. The van der Waals surface area contributed by atoms with Crippen LogP contribution in [0.5, 0.6) is 5.75 Å². The number of aryl methyl sites for hydroxylation is 1. The summed E-state index contributed by atoms with van der Waals surface area (Å²) in [4.78, 5) is 9.84. The van der Waals surface area contributed by atoms with E-state index in [1.165, 1.54) is 11.8 Å². The smallest absolute Gasteiger partial charge is 0.192 e. The molecule has 2 rings (SSSR count). The zero-order valence-corrected chi connectivity index (χ0v) is 11.2. The second-order valence-electron chi connectivity index (χ2n) is 3.76. The highest BCUT2D eigenvalue weighted by Gasteiger charge is 2.04. The molecule has 0 unspecified atom stereocenters. The first-order chi connectivity index (χ1) is 8.71. The maximum absolute atomic E-state index is 5.60. The Morgan fingerprint density at radius 1 is 1.22 bits per heavy atom. The standard InChI is InChI=1S/C13H15N3OS/c1-9-7-10(8-14)16-13(15-9)18-12-5-3-11(17-2)4-6-12/h3-7H,8,14H2,1-2H3. The average molecular weight is 261 g/mol. The van der Waals surface area contributed by atoms with Crippen LogP contribution in [-0.2, 0) is 6.54 Å². The van der Waals surface area contributed by atoms with Crippen molar-refractivity contribution in [2.45, 2.75) is 23.5 Å². The molecule has 2 aromatic rings. The van der Waals surface area contributed by atoms with Crippen LogP contribution in [0.3, 0.4) is 0 Å². The van der Waals surface area contributed by atoms with E-state index in [1.807, 2.05) is 37.3 Å². The number of benzene rings is 1. The van der Waals surface area contributed by atoms with Crippen molar-refractivity contribution in [3.8, 4) is 5.75 Å². The summed E-state index contributed by atoms with van der Waals surface area (Å²) in [6.45, 7) is 2.37. The van der Waals surface area contributed by atoms with Crippen LogP contribution in [0.1, 0.15) is 11.4 Å². The summed E-state index contributed by atoms with van der Waals surface area (Å²) in [6.07, 6.45) is 0. The Balaban J connectivity index is 2.19. The molecule has 0 saturated carbocycles. The predicted octanol–water partition coefficient (Wildman–Crippen LogP) is 2.40. The van der Waals surface area contributed by atoms with Gasteiger partial charge in [0.05, 0.1) is 12.8 Å². The summed E-state index contributed by atoms with van der Waals surface area (Å²) >= 11 is 1.52. The van der Waals surface area contributed by atoms with Crippen LogP contribution in [-0.4, -0.2) is 17.1 Å². The molecular formula is C13H15N3OS. The zero-order chi connectivity index (χ0) is 13.0. The summed E-state index contributed by atoms with van der Waals surface area (Å²) in [5.74, 6) is 0.840. The van der Waals surface area contributed by atoms with E-state index in [1.54, 1.807) is 7.11 Å². The van der Waals surface area contributed by atoms with E-state index in [0.29, 0.717) is 6.54 Å². The maximum atomic E-state index is 5.60. The largest absolute Gasteiger partial charge is 0.497 e. The number of aromatic nitrogens is 2. The van der Waals surface area contributed by atoms with Crippen LogP contribution in [0, 0.1) is 6.92 Å². The number of nitrogens with zero attached hydrogens (tertiary/aromatic N) is 2. The number of hydrogen-bond donors (Lipinski definition) is 1. The molecule has 0 atom stereocenters. The highest BCUT2D eigenvalue weighted by molar-refractivity contribution is 7.99. The molecule has 0 aliphatic carbocycles. The van der Waals surface area contributed by atoms with Gasteiger partial charge < -0.3 is 10.5 Å². The molecule has 0 aliphatic heterocycles. The van der Waals surface area contributed by atoms with Gasteiger partial charge in [-0.15, -0.1) is 0 Å². The van der Waals surface area contributed by atoms with E-state index in [-0.39, 0.29) is 0 Å². The molecule has 2 N–H and O–H groups in total. The summed E-state index contributed by atoms with van der Waals surface area (Å²) < 4.78 is 5.12. The third kappa shape index (κ3) is 3.21. The molecule has 0 amide bonds. The van der Waals surface area contributed by atoms with Crippen LogP contribution in [0.25, 0.3) is 0 Å². The second kappa shape index (κ2) is 5.84. The van der Waals surface area contributed by atoms with Gasteiger partial charge in [-0.1, -0.05) is 0 Å². The topological polar surface area (TPSA) is 61.0 Å². The SMILES string of the molecule is COc1ccc(Sc2nc(C)cc(CN)n2)cc1. The van der Waals surface area contributed by atoms with Crippen LogP contribution in [0.15, 0.2) is 40.4 Å². The molecule has 0 saturated heterocycles. The van der Waals surface area contributed by atoms with Crippen LogP contribution in [0.4, 0.5) is 0 Å². The van der Waals surface area contributed by atoms with Crippen LogP contribution < -0.4 is 10.5 Å². The number of nitrogens with two attached hydrogens (primary N) is 1. The molecule has 18 heavy (non-hydrogen) atoms. The number of hydrogen-bond acceptors (Lipinski definition) is 5. The van der Waals surface area contributed by atoms with E-state index in [2.05, 4.69) is 9.97 Å². The third-order valence-corrected chi connectivity index (χ3v) is 3.24. The fourth-order valence-corrected chi connectivity index (χ4v) is 2.34. The summed E-state index contributed by atoms with van der Waals surface area (Å²) in [6, 6.07) is 9.71. The minimum absolute atomic E-state index is 0.430. The van der Waals surface area contributed by atoms with Crippen molar-refractivity contribution in [1.29, 1.82) is 0 Å². The number of ether oxygens (including phenoxy) is 1. The van der Waals surface area contributed by atoms with Gasteiger partial charge in [0.1, 0.15) is 5.75 Å². The van der Waals surface area contributed by atoms with Crippen molar-refractivity contribution in [1.82, 2.24) is 9.97 Å². The monoisotopic (exact) mass is 261 g/mol. The molecule has 5 heteroatoms. The first-order valence-corrected chi connectivity index (χ1v) is 6.39. The van der Waals surface area contributed by atoms with Gasteiger partial charge in [0.15, 0.2) is 5.16 Å². The van der Waals surface area contributed by atoms with Crippen molar-refractivity contribution in [3.05, 3.63) is 41.7 Å². The molecule has 1 heterocycles. The minimum Gasteiger partial charge on any atom is -0.497 e. The van der Waals surface area contributed by atoms with Gasteiger partial charge >= 0.3 is 0 Å². The lowest BCUT2D eigenvalue weighted by Gasteiger charge is -2.05. The summed E-state index contributed by atoms with van der Waals surface area (Å²) in [5, 5.41) is 0.723. The molecular weight excluding hydrogens is 246 g/mol. The van der Waals surface area contributed by atoms with E-state index in [9.17, 15) is 0 Å². The Morgan fingerprint density at radius 2 is 1.94 bits per heavy atom. The van der Waals surface area contributed by atoms with Gasteiger partial charge in [-0.25, -0.2) is 9.97 Å². The highest BCUT2D eigenvalue weighted by Crippen LogP contribution is 2.26. The van der Waals surface area contributed by atoms with Gasteiger partial charge in [-0.3, -0.25) is 0 Å². The van der Waals surface area contributed by atoms with Crippen molar-refractivity contribution in [2.24, 2.45) is 5.73 Å². The van der Waals surface area contributed by atoms with E-state index < -0.39 is 0 Å². The molecule has 94 valence electrons. The Kier molecular flexibility index (Phi) is 4.17. The molecule has 0 radical (unpaired) electrons. The Labute approximate surface area is 111 Å². The van der Waals surface area contributed by atoms with Crippen molar-refractivity contribution < 1.29 is 4.74 Å². The Hall–Kier alpha value is -1.59. The molecule has 1 aromatic carbocycles. The molecule has 0 fully saturated rings. The lowest BCUT2D eigenvalue weighted by atomic mass is 10.3. The molecule has 1 aromatic heterocycles. The first kappa shape index (κ1) is 12.9. The van der Waals surface area contributed by atoms with Gasteiger partial charge in [0, 0.05) is 17.1 Å². The first-order valence-electron chi connectivity index (χ1n) is 5.58. The Bertz CT molecular complexity index is 528. The zero-order valence-electron chi connectivity index (χ0n) is 10.4. The quantitative estimate of drug-likeness (QED) is 0.856. The fourth-order valence-electron chi connectivity index (χ4n) is 1.50. The van der Waals surface area contributed by atoms with Gasteiger partial charge in [-0.2, -0.15) is 0 Å². The Morgan fingerprint density at radius 3 is 2.56 bits per heavy atom. The third-order valence-electron chi connectivity index (χ3n) is 2.36. The van der Waals surface area contributed by atoms with E-state index in [4.69, 9.17) is 10.5 Å². The molecule has 4 nitrogen and oxygen atoms in total. The average Bonchev–Trinajstić information content (AvgIpc) is 2.39. The lowest BCUT2D eigenvalue weighted by molar-refractivity contribution is 0.414. The molecule has 0 spiro atoms. The second-order valence-corrected chi connectivity index (χ2v) is 4.81. The van der Waals surface area contributed by atoms with E-state index >= 15 is 0 Å². The van der Waals surface area contributed by atoms with Crippen molar-refractivity contribution in [3.63, 3.8) is 0 Å². The summed E-state index contributed by atoms with van der Waals surface area (Å²) in [5.41, 5.74) is 7.39. The van der Waals surface area contributed by atoms with Gasteiger partial charge in [0.25, 0.3) is 0 Å². The fraction of sp³-hybridized carbons (Fsp3) is 0.231. The lowest BCUT2D eigenvalue weighted by Crippen LogP contribution is -2.02. The summed E-state index contributed by atoms with van der Waals surface area (Å²) in [7, 11) is 1.65. The van der Waals surface area contributed by atoms with Crippen LogP contribution in [0.2, 0.25) is 0 Å². The normalized spacial score (nSPS) is 10.4. The van der Waals surface area contributed by atoms with Gasteiger partial charge in [-0.05, 0) is 49.0 Å². The highest BCUT2D eigenvalue weighted by atomic mass is 32.2. The van der Waals surface area contributed by atoms with E-state index in [0.717, 1.165) is 27.2 Å². The molecule has 0 aliphatic rings. The van der Waals surface area contributed by atoms with Crippen molar-refractivity contribution >= 4 is 11.8 Å². The van der Waals surface area contributed by atoms with Crippen LogP contribution >= 0.6 is 11.8 Å². The number of methoxy groups -OCH3 is 1. The number of rotatable bonds is 4. The van der Waals surface area contributed by atoms with Gasteiger partial charge in [0.2, 0.25) is 0 Å². The maximum Gasteiger partial charge on any atom is 0.192 e. The predicted molar refractivity (Wildman–Crippen MR) is 71.8 cm³/mol. The minimum atomic E-state index is 0.430.